The second-order valence-corrected chi connectivity index (χ2v) is 7.36. The van der Waals surface area contributed by atoms with Crippen LogP contribution in [-0.4, -0.2) is 37.0 Å². The zero-order chi connectivity index (χ0) is 16.5. The molecule has 0 saturated heterocycles. The van der Waals surface area contributed by atoms with Gasteiger partial charge in [0, 0.05) is 11.6 Å². The minimum atomic E-state index is -3.71. The summed E-state index contributed by atoms with van der Waals surface area (Å²) in [5, 5.41) is 11.5. The second kappa shape index (κ2) is 5.69. The van der Waals surface area contributed by atoms with Crippen molar-refractivity contribution < 1.29 is 23.1 Å². The van der Waals surface area contributed by atoms with Gasteiger partial charge in [-0.15, -0.1) is 0 Å². The molecule has 8 heteroatoms. The van der Waals surface area contributed by atoms with Crippen LogP contribution >= 0.6 is 0 Å². The van der Waals surface area contributed by atoms with Crippen molar-refractivity contribution in [3.8, 4) is 0 Å². The molecule has 0 unspecified atom stereocenters. The summed E-state index contributed by atoms with van der Waals surface area (Å²) < 4.78 is 26.6. The van der Waals surface area contributed by atoms with Crippen molar-refractivity contribution in [3.05, 3.63) is 29.8 Å². The first kappa shape index (κ1) is 16.4. The Kier molecular flexibility index (Phi) is 4.25. The van der Waals surface area contributed by atoms with E-state index in [1.54, 1.807) is 13.8 Å². The summed E-state index contributed by atoms with van der Waals surface area (Å²) in [5.74, 6) is -1.67. The van der Waals surface area contributed by atoms with Crippen LogP contribution in [-0.2, 0) is 14.8 Å². The molecule has 0 aromatic heterocycles. The Bertz CT molecular complexity index is 708. The van der Waals surface area contributed by atoms with Gasteiger partial charge < -0.3 is 10.4 Å². The minimum absolute atomic E-state index is 0.0333. The lowest BCUT2D eigenvalue weighted by Crippen LogP contribution is -2.43. The maximum atomic E-state index is 12.1. The SMILES string of the molecule is CC(C)NS(=O)(=O)c1cccc(C(=O)NC2(C(=O)O)CC2)c1. The Morgan fingerprint density at radius 3 is 2.41 bits per heavy atom. The molecule has 1 saturated carbocycles. The number of carbonyl (C=O) groups excluding carboxylic acids is 1. The third-order valence-electron chi connectivity index (χ3n) is 3.31. The van der Waals surface area contributed by atoms with Gasteiger partial charge in [0.15, 0.2) is 0 Å². The summed E-state index contributed by atoms with van der Waals surface area (Å²) in [7, 11) is -3.71. The van der Waals surface area contributed by atoms with E-state index in [2.05, 4.69) is 10.0 Å². The fraction of sp³-hybridized carbons (Fsp3) is 0.429. The number of sulfonamides is 1. The third-order valence-corrected chi connectivity index (χ3v) is 4.97. The average molecular weight is 326 g/mol. The van der Waals surface area contributed by atoms with E-state index in [1.807, 2.05) is 0 Å². The van der Waals surface area contributed by atoms with Crippen molar-refractivity contribution in [2.45, 2.75) is 43.2 Å². The molecule has 1 fully saturated rings. The molecule has 0 atom stereocenters. The minimum Gasteiger partial charge on any atom is -0.480 e. The van der Waals surface area contributed by atoms with Crippen LogP contribution in [0.5, 0.6) is 0 Å². The molecule has 1 amide bonds. The van der Waals surface area contributed by atoms with Gasteiger partial charge in [0.2, 0.25) is 10.0 Å². The first-order valence-electron chi connectivity index (χ1n) is 6.85. The molecule has 1 aliphatic rings. The maximum Gasteiger partial charge on any atom is 0.329 e. The van der Waals surface area contributed by atoms with Crippen LogP contribution < -0.4 is 10.0 Å². The van der Waals surface area contributed by atoms with Gasteiger partial charge >= 0.3 is 5.97 Å². The Morgan fingerprint density at radius 1 is 1.27 bits per heavy atom. The predicted molar refractivity (Wildman–Crippen MR) is 79.0 cm³/mol. The van der Waals surface area contributed by atoms with E-state index in [0.29, 0.717) is 12.8 Å². The molecule has 2 rings (SSSR count). The standard InChI is InChI=1S/C14H18N2O5S/c1-9(2)16-22(20,21)11-5-3-4-10(8-11)12(17)15-14(6-7-14)13(18)19/h3-5,8-9,16H,6-7H2,1-2H3,(H,15,17)(H,18,19). The molecule has 0 radical (unpaired) electrons. The predicted octanol–water partition coefficient (Wildman–Crippen LogP) is 0.720. The number of aliphatic carboxylic acids is 1. The van der Waals surface area contributed by atoms with E-state index in [1.165, 1.54) is 24.3 Å². The smallest absolute Gasteiger partial charge is 0.329 e. The highest BCUT2D eigenvalue weighted by Gasteiger charge is 2.51. The van der Waals surface area contributed by atoms with Crippen LogP contribution in [0.25, 0.3) is 0 Å². The van der Waals surface area contributed by atoms with Gasteiger partial charge in [-0.2, -0.15) is 0 Å². The maximum absolute atomic E-state index is 12.1. The average Bonchev–Trinajstić information content (AvgIpc) is 3.18. The number of hydrogen-bond acceptors (Lipinski definition) is 4. The largest absolute Gasteiger partial charge is 0.480 e. The zero-order valence-corrected chi connectivity index (χ0v) is 13.1. The second-order valence-electron chi connectivity index (χ2n) is 5.65. The Morgan fingerprint density at radius 2 is 1.91 bits per heavy atom. The fourth-order valence-electron chi connectivity index (χ4n) is 1.99. The summed E-state index contributed by atoms with van der Waals surface area (Å²) in [4.78, 5) is 23.2. The molecule has 0 heterocycles. The van der Waals surface area contributed by atoms with Crippen LogP contribution in [0.1, 0.15) is 37.0 Å². The van der Waals surface area contributed by atoms with E-state index in [9.17, 15) is 18.0 Å². The number of rotatable bonds is 6. The summed E-state index contributed by atoms with van der Waals surface area (Å²) in [6, 6.07) is 5.24. The Labute approximate surface area is 128 Å². The van der Waals surface area contributed by atoms with Gasteiger partial charge in [0.1, 0.15) is 5.54 Å². The van der Waals surface area contributed by atoms with Crippen LogP contribution in [0.3, 0.4) is 0 Å². The third kappa shape index (κ3) is 3.45. The topological polar surface area (TPSA) is 113 Å². The highest BCUT2D eigenvalue weighted by atomic mass is 32.2. The van der Waals surface area contributed by atoms with Crippen molar-refractivity contribution in [2.75, 3.05) is 0 Å². The monoisotopic (exact) mass is 326 g/mol. The van der Waals surface area contributed by atoms with Crippen molar-refractivity contribution in [1.29, 1.82) is 0 Å². The van der Waals surface area contributed by atoms with Gasteiger partial charge in [-0.1, -0.05) is 6.07 Å². The van der Waals surface area contributed by atoms with Crippen LogP contribution in [0.2, 0.25) is 0 Å². The highest BCUT2D eigenvalue weighted by molar-refractivity contribution is 7.89. The van der Waals surface area contributed by atoms with Crippen molar-refractivity contribution in [3.63, 3.8) is 0 Å². The summed E-state index contributed by atoms with van der Waals surface area (Å²) in [5.41, 5.74) is -1.10. The lowest BCUT2D eigenvalue weighted by Gasteiger charge is -2.13. The van der Waals surface area contributed by atoms with Crippen molar-refractivity contribution in [1.82, 2.24) is 10.0 Å². The summed E-state index contributed by atoms with van der Waals surface area (Å²) in [6.45, 7) is 3.38. The molecule has 22 heavy (non-hydrogen) atoms. The molecule has 7 nitrogen and oxygen atoms in total. The van der Waals surface area contributed by atoms with E-state index in [-0.39, 0.29) is 16.5 Å². The molecular formula is C14H18N2O5S. The molecule has 1 aliphatic carbocycles. The van der Waals surface area contributed by atoms with E-state index in [0.717, 1.165) is 0 Å². The number of benzene rings is 1. The van der Waals surface area contributed by atoms with Gasteiger partial charge in [-0.05, 0) is 44.9 Å². The number of carbonyl (C=O) groups is 2. The highest BCUT2D eigenvalue weighted by Crippen LogP contribution is 2.35. The van der Waals surface area contributed by atoms with E-state index >= 15 is 0 Å². The van der Waals surface area contributed by atoms with Crippen LogP contribution in [0.15, 0.2) is 29.2 Å². The van der Waals surface area contributed by atoms with Crippen LogP contribution in [0, 0.1) is 0 Å². The zero-order valence-electron chi connectivity index (χ0n) is 12.3. The number of amides is 1. The number of nitrogens with one attached hydrogen (secondary N) is 2. The first-order valence-corrected chi connectivity index (χ1v) is 8.33. The molecule has 0 spiro atoms. The van der Waals surface area contributed by atoms with Crippen molar-refractivity contribution in [2.24, 2.45) is 0 Å². The van der Waals surface area contributed by atoms with E-state index in [4.69, 9.17) is 5.11 Å². The van der Waals surface area contributed by atoms with Crippen LogP contribution in [0.4, 0.5) is 0 Å². The molecule has 1 aromatic rings. The number of carboxylic acid groups (broad SMARTS) is 1. The lowest BCUT2D eigenvalue weighted by molar-refractivity contribution is -0.140. The van der Waals surface area contributed by atoms with Gasteiger partial charge in [0.25, 0.3) is 5.91 Å². The Hall–Kier alpha value is -1.93. The lowest BCUT2D eigenvalue weighted by atomic mass is 10.2. The summed E-state index contributed by atoms with van der Waals surface area (Å²) in [6.07, 6.45) is 0.752. The number of hydrogen-bond donors (Lipinski definition) is 3. The van der Waals surface area contributed by atoms with Gasteiger partial charge in [-0.3, -0.25) is 4.79 Å². The molecule has 1 aromatic carbocycles. The fourth-order valence-corrected chi connectivity index (χ4v) is 3.29. The molecule has 3 N–H and O–H groups in total. The quantitative estimate of drug-likeness (QED) is 0.713. The Balaban J connectivity index is 2.22. The van der Waals surface area contributed by atoms with E-state index < -0.39 is 27.4 Å². The molecule has 0 bridgehead atoms. The first-order chi connectivity index (χ1) is 10.2. The summed E-state index contributed by atoms with van der Waals surface area (Å²) >= 11 is 0. The molecular weight excluding hydrogens is 308 g/mol. The van der Waals surface area contributed by atoms with Gasteiger partial charge in [-0.25, -0.2) is 17.9 Å². The molecule has 120 valence electrons. The number of carboxylic acids is 1. The van der Waals surface area contributed by atoms with Crippen molar-refractivity contribution >= 4 is 21.9 Å². The van der Waals surface area contributed by atoms with Gasteiger partial charge in [0.05, 0.1) is 4.90 Å². The normalized spacial score (nSPS) is 16.3. The molecule has 0 aliphatic heterocycles.